The molecule has 78 valence electrons. The number of rotatable bonds is 1. The maximum Gasteiger partial charge on any atom is 0.161 e. The van der Waals surface area contributed by atoms with Gasteiger partial charge in [-0.25, -0.2) is 4.99 Å². The van der Waals surface area contributed by atoms with Crippen molar-refractivity contribution in [3.8, 4) is 0 Å². The van der Waals surface area contributed by atoms with Gasteiger partial charge in [-0.1, -0.05) is 42.2 Å². The van der Waals surface area contributed by atoms with Crippen LogP contribution in [-0.4, -0.2) is 15.9 Å². The molecule has 0 bridgehead atoms. The number of amidine groups is 1. The van der Waals surface area contributed by atoms with Crippen LogP contribution >= 0.6 is 24.0 Å². The van der Waals surface area contributed by atoms with Gasteiger partial charge in [0.25, 0.3) is 0 Å². The molecule has 4 heteroatoms. The Labute approximate surface area is 99.2 Å². The molecule has 0 amide bonds. The first-order valence-electron chi connectivity index (χ1n) is 4.83. The summed E-state index contributed by atoms with van der Waals surface area (Å²) in [6, 6.07) is 8.19. The molecule has 0 radical (unpaired) electrons. The number of nitrogens with zero attached hydrogens (tertiary/aromatic N) is 1. The van der Waals surface area contributed by atoms with Crippen molar-refractivity contribution < 1.29 is 0 Å². The van der Waals surface area contributed by atoms with Crippen molar-refractivity contribution in [2.75, 3.05) is 11.1 Å². The van der Waals surface area contributed by atoms with Crippen molar-refractivity contribution in [2.24, 2.45) is 4.99 Å². The molecule has 0 fully saturated rings. The van der Waals surface area contributed by atoms with Crippen molar-refractivity contribution >= 4 is 39.8 Å². The topological polar surface area (TPSA) is 24.4 Å². The van der Waals surface area contributed by atoms with E-state index in [0.717, 1.165) is 28.0 Å². The predicted octanol–water partition coefficient (Wildman–Crippen LogP) is 3.23. The normalized spacial score (nSPS) is 16.1. The van der Waals surface area contributed by atoms with Crippen LogP contribution in [0.3, 0.4) is 0 Å². The van der Waals surface area contributed by atoms with E-state index in [2.05, 4.69) is 29.4 Å². The number of aryl methyl sites for hydroxylation is 1. The molecule has 0 saturated carbocycles. The summed E-state index contributed by atoms with van der Waals surface area (Å²) in [7, 11) is 0. The SMILES string of the molecule is Cc1ccccc1NC1=NC(=S)SCC1. The number of thioether (sulfide) groups is 1. The average molecular weight is 236 g/mol. The van der Waals surface area contributed by atoms with Crippen molar-refractivity contribution in [1.82, 2.24) is 0 Å². The first kappa shape index (κ1) is 10.6. The summed E-state index contributed by atoms with van der Waals surface area (Å²) >= 11 is 6.71. The second kappa shape index (κ2) is 4.77. The molecule has 2 rings (SSSR count). The van der Waals surface area contributed by atoms with Gasteiger partial charge >= 0.3 is 0 Å². The minimum absolute atomic E-state index is 0.734. The first-order valence-corrected chi connectivity index (χ1v) is 6.22. The number of hydrogen-bond acceptors (Lipinski definition) is 3. The van der Waals surface area contributed by atoms with Crippen molar-refractivity contribution in [3.63, 3.8) is 0 Å². The average Bonchev–Trinajstić information content (AvgIpc) is 2.22. The van der Waals surface area contributed by atoms with Gasteiger partial charge in [0.15, 0.2) is 4.32 Å². The maximum absolute atomic E-state index is 5.07. The predicted molar refractivity (Wildman–Crippen MR) is 71.9 cm³/mol. The fourth-order valence-electron chi connectivity index (χ4n) is 1.39. The first-order chi connectivity index (χ1) is 7.25. The van der Waals surface area contributed by atoms with Crippen LogP contribution in [-0.2, 0) is 0 Å². The summed E-state index contributed by atoms with van der Waals surface area (Å²) in [4.78, 5) is 4.32. The molecule has 1 heterocycles. The third-order valence-corrected chi connectivity index (χ3v) is 3.41. The number of benzene rings is 1. The van der Waals surface area contributed by atoms with Gasteiger partial charge in [-0.05, 0) is 18.6 Å². The summed E-state index contributed by atoms with van der Waals surface area (Å²) in [5, 5.41) is 3.33. The van der Waals surface area contributed by atoms with Crippen LogP contribution in [0.5, 0.6) is 0 Å². The fraction of sp³-hybridized carbons (Fsp3) is 0.273. The smallest absolute Gasteiger partial charge is 0.161 e. The van der Waals surface area contributed by atoms with E-state index in [4.69, 9.17) is 12.2 Å². The molecular weight excluding hydrogens is 224 g/mol. The highest BCUT2D eigenvalue weighted by Gasteiger charge is 2.09. The van der Waals surface area contributed by atoms with Gasteiger partial charge in [-0.2, -0.15) is 0 Å². The molecule has 0 saturated heterocycles. The highest BCUT2D eigenvalue weighted by molar-refractivity contribution is 8.23. The lowest BCUT2D eigenvalue weighted by molar-refractivity contribution is 1.28. The molecule has 0 aromatic heterocycles. The molecule has 15 heavy (non-hydrogen) atoms. The lowest BCUT2D eigenvalue weighted by atomic mass is 10.2. The van der Waals surface area contributed by atoms with Crippen LogP contribution in [0.15, 0.2) is 29.3 Å². The zero-order valence-corrected chi connectivity index (χ0v) is 10.1. The fourth-order valence-corrected chi connectivity index (χ4v) is 2.40. The van der Waals surface area contributed by atoms with E-state index in [9.17, 15) is 0 Å². The summed E-state index contributed by atoms with van der Waals surface area (Å²) in [5.74, 6) is 2.00. The minimum Gasteiger partial charge on any atom is -0.343 e. The zero-order valence-electron chi connectivity index (χ0n) is 8.49. The molecule has 1 aromatic rings. The molecule has 0 aliphatic carbocycles. The number of aliphatic imine (C=N–C) groups is 1. The van der Waals surface area contributed by atoms with Crippen LogP contribution < -0.4 is 5.32 Å². The van der Waals surface area contributed by atoms with E-state index in [0.29, 0.717) is 0 Å². The Kier molecular flexibility index (Phi) is 3.38. The van der Waals surface area contributed by atoms with Gasteiger partial charge in [0, 0.05) is 17.9 Å². The molecule has 0 atom stereocenters. The van der Waals surface area contributed by atoms with Gasteiger partial charge in [0.1, 0.15) is 5.84 Å². The van der Waals surface area contributed by atoms with E-state index >= 15 is 0 Å². The quantitative estimate of drug-likeness (QED) is 0.758. The number of thiocarbonyl (C=S) groups is 1. The van der Waals surface area contributed by atoms with Gasteiger partial charge in [0.2, 0.25) is 0 Å². The van der Waals surface area contributed by atoms with Crippen LogP contribution in [0.25, 0.3) is 0 Å². The molecule has 2 nitrogen and oxygen atoms in total. The third kappa shape index (κ3) is 2.79. The van der Waals surface area contributed by atoms with E-state index in [1.54, 1.807) is 11.8 Å². The van der Waals surface area contributed by atoms with Crippen LogP contribution in [0, 0.1) is 6.92 Å². The third-order valence-electron chi connectivity index (χ3n) is 2.21. The standard InChI is InChI=1S/C11H12N2S2/c1-8-4-2-3-5-9(8)12-10-6-7-15-11(14)13-10/h2-5H,6-7H2,1H3,(H,12,13,14). The Hall–Kier alpha value is -0.870. The molecule has 1 aliphatic heterocycles. The lowest BCUT2D eigenvalue weighted by Gasteiger charge is -2.15. The minimum atomic E-state index is 0.734. The number of anilines is 1. The van der Waals surface area contributed by atoms with E-state index in [1.807, 2.05) is 12.1 Å². The Morgan fingerprint density at radius 1 is 1.40 bits per heavy atom. The van der Waals surface area contributed by atoms with E-state index in [-0.39, 0.29) is 0 Å². The van der Waals surface area contributed by atoms with E-state index < -0.39 is 0 Å². The highest BCUT2D eigenvalue weighted by Crippen LogP contribution is 2.18. The number of nitrogens with one attached hydrogen (secondary N) is 1. The van der Waals surface area contributed by atoms with Crippen molar-refractivity contribution in [3.05, 3.63) is 29.8 Å². The van der Waals surface area contributed by atoms with Crippen LogP contribution in [0.4, 0.5) is 5.69 Å². The Morgan fingerprint density at radius 3 is 2.93 bits per heavy atom. The zero-order chi connectivity index (χ0) is 10.7. The Balaban J connectivity index is 2.15. The van der Waals surface area contributed by atoms with Crippen molar-refractivity contribution in [1.29, 1.82) is 0 Å². The molecule has 1 N–H and O–H groups in total. The maximum atomic E-state index is 5.07. The van der Waals surface area contributed by atoms with Gasteiger partial charge in [-0.15, -0.1) is 0 Å². The lowest BCUT2D eigenvalue weighted by Crippen LogP contribution is -2.18. The molecule has 0 spiro atoms. The number of hydrogen-bond donors (Lipinski definition) is 1. The largest absolute Gasteiger partial charge is 0.343 e. The van der Waals surface area contributed by atoms with Crippen LogP contribution in [0.1, 0.15) is 12.0 Å². The number of para-hydroxylation sites is 1. The highest BCUT2D eigenvalue weighted by atomic mass is 32.2. The second-order valence-corrected chi connectivity index (χ2v) is 5.09. The molecule has 1 aliphatic rings. The Bertz CT molecular complexity index is 413. The second-order valence-electron chi connectivity index (χ2n) is 3.36. The molecule has 0 unspecified atom stereocenters. The summed E-state index contributed by atoms with van der Waals surface area (Å²) in [6.45, 7) is 2.08. The Morgan fingerprint density at radius 2 is 2.20 bits per heavy atom. The molecular formula is C11H12N2S2. The van der Waals surface area contributed by atoms with E-state index in [1.165, 1.54) is 5.56 Å². The summed E-state index contributed by atoms with van der Waals surface area (Å²) < 4.78 is 0.734. The van der Waals surface area contributed by atoms with Crippen LogP contribution in [0.2, 0.25) is 0 Å². The van der Waals surface area contributed by atoms with Crippen molar-refractivity contribution in [2.45, 2.75) is 13.3 Å². The summed E-state index contributed by atoms with van der Waals surface area (Å²) in [6.07, 6.45) is 0.957. The van der Waals surface area contributed by atoms with Gasteiger partial charge in [0.05, 0.1) is 0 Å². The van der Waals surface area contributed by atoms with Gasteiger partial charge in [-0.3, -0.25) is 0 Å². The summed E-state index contributed by atoms with van der Waals surface area (Å²) in [5.41, 5.74) is 2.34. The van der Waals surface area contributed by atoms with Gasteiger partial charge < -0.3 is 5.32 Å². The molecule has 1 aromatic carbocycles. The monoisotopic (exact) mass is 236 g/mol.